The van der Waals surface area contributed by atoms with E-state index in [1.54, 1.807) is 0 Å². The molecule has 10 rings (SSSR count). The van der Waals surface area contributed by atoms with Crippen LogP contribution in [0, 0.1) is 0 Å². The lowest BCUT2D eigenvalue weighted by molar-refractivity contribution is 0.669. The van der Waals surface area contributed by atoms with E-state index >= 15 is 0 Å². The highest BCUT2D eigenvalue weighted by molar-refractivity contribution is 6.71. The fourth-order valence-electron chi connectivity index (χ4n) is 7.88. The van der Waals surface area contributed by atoms with Gasteiger partial charge in [0.25, 0.3) is 0 Å². The lowest BCUT2D eigenvalue weighted by atomic mass is 9.63. The van der Waals surface area contributed by atoms with Crippen molar-refractivity contribution in [3.8, 4) is 51.0 Å². The molecule has 13 heteroatoms. The van der Waals surface area contributed by atoms with Crippen LogP contribution in [0.5, 0.6) is 0 Å². The van der Waals surface area contributed by atoms with Crippen molar-refractivity contribution in [1.29, 1.82) is 0 Å². The Morgan fingerprint density at radius 2 is 0.810 bits per heavy atom. The molecule has 10 aromatic rings. The van der Waals surface area contributed by atoms with E-state index in [2.05, 4.69) is 24.3 Å². The summed E-state index contributed by atoms with van der Waals surface area (Å²) in [6, 6.07) is 39.8. The number of nitrogens with zero attached hydrogens (tertiary/aromatic N) is 4. The Hall–Kier alpha value is -6.33. The van der Waals surface area contributed by atoms with Crippen LogP contribution in [0.3, 0.4) is 0 Å². The molecule has 0 amide bonds. The first-order valence-corrected chi connectivity index (χ1v) is 18.4. The Labute approximate surface area is 345 Å². The summed E-state index contributed by atoms with van der Waals surface area (Å²) >= 11 is 0. The van der Waals surface area contributed by atoms with Crippen molar-refractivity contribution < 1.29 is 4.42 Å². The monoisotopic (exact) mass is 720 g/mol. The molecule has 16 radical (unpaired) electrons. The van der Waals surface area contributed by atoms with E-state index in [0.29, 0.717) is 56.1 Å². The zero-order valence-corrected chi connectivity index (χ0v) is 30.9. The Bertz CT molecular complexity index is 3240. The highest BCUT2D eigenvalue weighted by Gasteiger charge is 2.25. The molecule has 0 aliphatic heterocycles. The first-order valence-electron chi connectivity index (χ1n) is 18.4. The molecule has 0 fully saturated rings. The SMILES string of the molecule is [B]c1c([B])c([B])c2c(c1[B])c1c([B])c([B])c([B])c([B])c1n2-c1cccc2oc3cc(-c4nc(-c5ccccc5)nc(-c5ccc(-c6ccccc6)cc5)n4)ccc3c12. The maximum Gasteiger partial charge on any atom is 0.164 e. The van der Waals surface area contributed by atoms with E-state index in [1.807, 2.05) is 102 Å². The number of hydrogen-bond acceptors (Lipinski definition) is 4. The summed E-state index contributed by atoms with van der Waals surface area (Å²) in [5, 5.41) is 2.46. The van der Waals surface area contributed by atoms with E-state index in [1.165, 1.54) is 0 Å². The highest BCUT2D eigenvalue weighted by Crippen LogP contribution is 2.38. The summed E-state index contributed by atoms with van der Waals surface area (Å²) in [4.78, 5) is 14.9. The molecule has 0 spiro atoms. The van der Waals surface area contributed by atoms with Gasteiger partial charge in [0.05, 0.1) is 11.1 Å². The quantitative estimate of drug-likeness (QED) is 0.256. The minimum absolute atomic E-state index is 0.123. The molecule has 0 aliphatic carbocycles. The molecule has 0 saturated heterocycles. The van der Waals surface area contributed by atoms with Crippen LogP contribution in [0.15, 0.2) is 126 Å². The van der Waals surface area contributed by atoms with E-state index in [-0.39, 0.29) is 43.7 Å². The third-order valence-corrected chi connectivity index (χ3v) is 10.9. The Kier molecular flexibility index (Phi) is 8.49. The number of hydrogen-bond donors (Lipinski definition) is 0. The standard InChI is InChI=1S/C45H20B8N4O/c46-33-31-32-34(47)36(49)38(51)40(53)42(32)57(41(31)39(52)37(50)35(33)48)27-12-7-13-28-30(27)26-19-18-25(20-29(26)58-28)45-55-43(23-10-5-2-6-11-23)54-44(56-45)24-16-14-22(15-17-24)21-8-3-1-4-9-21/h1-20H. The van der Waals surface area contributed by atoms with Gasteiger partial charge in [0, 0.05) is 33.1 Å². The lowest BCUT2D eigenvalue weighted by Gasteiger charge is -2.18. The predicted octanol–water partition coefficient (Wildman–Crippen LogP) is 1.89. The van der Waals surface area contributed by atoms with Crippen molar-refractivity contribution in [2.24, 2.45) is 0 Å². The van der Waals surface area contributed by atoms with Crippen LogP contribution < -0.4 is 43.7 Å². The van der Waals surface area contributed by atoms with Crippen molar-refractivity contribution in [2.45, 2.75) is 0 Å². The number of fused-ring (bicyclic) bond motifs is 6. The summed E-state index contributed by atoms with van der Waals surface area (Å²) in [5.74, 6) is 1.56. The van der Waals surface area contributed by atoms with Crippen LogP contribution >= 0.6 is 0 Å². The van der Waals surface area contributed by atoms with Crippen molar-refractivity contribution in [1.82, 2.24) is 19.5 Å². The maximum absolute atomic E-state index is 6.76. The summed E-state index contributed by atoms with van der Waals surface area (Å²) < 4.78 is 8.42. The van der Waals surface area contributed by atoms with Gasteiger partial charge in [-0.1, -0.05) is 119 Å². The Morgan fingerprint density at radius 1 is 0.362 bits per heavy atom. The normalized spacial score (nSPS) is 11.7. The van der Waals surface area contributed by atoms with Gasteiger partial charge in [0.1, 0.15) is 73.9 Å². The second kappa shape index (κ2) is 13.7. The van der Waals surface area contributed by atoms with Gasteiger partial charge >= 0.3 is 0 Å². The third kappa shape index (κ3) is 5.47. The molecule has 0 N–H and O–H groups in total. The van der Waals surface area contributed by atoms with Gasteiger partial charge in [0.2, 0.25) is 0 Å². The number of furan rings is 1. The minimum Gasteiger partial charge on any atom is -0.456 e. The molecule has 0 bridgehead atoms. The Balaban J connectivity index is 1.18. The van der Waals surface area contributed by atoms with Gasteiger partial charge in [-0.2, -0.15) is 0 Å². The Morgan fingerprint density at radius 3 is 1.38 bits per heavy atom. The third-order valence-electron chi connectivity index (χ3n) is 10.9. The first-order chi connectivity index (χ1) is 28.1. The van der Waals surface area contributed by atoms with Crippen molar-refractivity contribution in [3.63, 3.8) is 0 Å². The van der Waals surface area contributed by atoms with Crippen LogP contribution in [0.25, 0.3) is 94.7 Å². The van der Waals surface area contributed by atoms with Gasteiger partial charge in [-0.25, -0.2) is 15.0 Å². The fraction of sp³-hybridized carbons (Fsp3) is 0. The average Bonchev–Trinajstić information content (AvgIpc) is 3.83. The molecule has 0 aliphatic rings. The van der Waals surface area contributed by atoms with E-state index in [0.717, 1.165) is 38.6 Å². The second-order valence-corrected chi connectivity index (χ2v) is 14.2. The molecule has 0 atom stereocenters. The summed E-state index contributed by atoms with van der Waals surface area (Å²) in [6.45, 7) is 0. The molecule has 0 saturated carbocycles. The molecule has 5 nitrogen and oxygen atoms in total. The summed E-state index contributed by atoms with van der Waals surface area (Å²) in [5.41, 5.74) is 8.64. The number of rotatable bonds is 5. The van der Waals surface area contributed by atoms with Crippen molar-refractivity contribution >= 4 is 150 Å². The summed E-state index contributed by atoms with van der Waals surface area (Å²) in [6.07, 6.45) is 0. The smallest absolute Gasteiger partial charge is 0.164 e. The predicted molar refractivity (Wildman–Crippen MR) is 246 cm³/mol. The maximum atomic E-state index is 6.76. The molecular weight excluding hydrogens is 699 g/mol. The van der Waals surface area contributed by atoms with E-state index < -0.39 is 0 Å². The van der Waals surface area contributed by atoms with Crippen LogP contribution in [-0.4, -0.2) is 82.3 Å². The zero-order chi connectivity index (χ0) is 40.0. The highest BCUT2D eigenvalue weighted by atomic mass is 16.3. The van der Waals surface area contributed by atoms with Gasteiger partial charge in [-0.05, 0) is 46.2 Å². The molecule has 0 unspecified atom stereocenters. The zero-order valence-electron chi connectivity index (χ0n) is 30.9. The van der Waals surface area contributed by atoms with E-state index in [4.69, 9.17) is 82.1 Å². The number of benzene rings is 7. The van der Waals surface area contributed by atoms with Gasteiger partial charge in [0.15, 0.2) is 17.5 Å². The summed E-state index contributed by atoms with van der Waals surface area (Å²) in [7, 11) is 52.5. The number of aromatic nitrogens is 4. The first kappa shape index (κ1) is 36.0. The van der Waals surface area contributed by atoms with Gasteiger partial charge in [-0.15, -0.1) is 21.9 Å². The van der Waals surface area contributed by atoms with Crippen LogP contribution in [0.2, 0.25) is 0 Å². The average molecular weight is 719 g/mol. The van der Waals surface area contributed by atoms with Crippen molar-refractivity contribution in [3.05, 3.63) is 121 Å². The van der Waals surface area contributed by atoms with E-state index in [9.17, 15) is 0 Å². The van der Waals surface area contributed by atoms with Crippen LogP contribution in [-0.2, 0) is 0 Å². The van der Waals surface area contributed by atoms with Gasteiger partial charge in [-0.3, -0.25) is 0 Å². The van der Waals surface area contributed by atoms with Gasteiger partial charge < -0.3 is 8.98 Å². The molecular formula is C45H20B8N4O. The van der Waals surface area contributed by atoms with Crippen molar-refractivity contribution in [2.75, 3.05) is 0 Å². The largest absolute Gasteiger partial charge is 0.456 e. The van der Waals surface area contributed by atoms with Crippen LogP contribution in [0.1, 0.15) is 0 Å². The second-order valence-electron chi connectivity index (χ2n) is 14.2. The minimum atomic E-state index is 0.123. The topological polar surface area (TPSA) is 56.7 Å². The molecule has 3 heterocycles. The molecule has 7 aromatic carbocycles. The van der Waals surface area contributed by atoms with Crippen LogP contribution in [0.4, 0.5) is 0 Å². The molecule has 58 heavy (non-hydrogen) atoms. The molecule has 3 aromatic heterocycles. The fourth-order valence-corrected chi connectivity index (χ4v) is 7.88. The molecule has 250 valence electrons. The lowest BCUT2D eigenvalue weighted by Crippen LogP contribution is -2.49.